The maximum atomic E-state index is 13.6. The van der Waals surface area contributed by atoms with Crippen LogP contribution in [0.2, 0.25) is 0 Å². The lowest BCUT2D eigenvalue weighted by molar-refractivity contribution is 0.318. The van der Waals surface area contributed by atoms with E-state index < -0.39 is 0 Å². The van der Waals surface area contributed by atoms with Gasteiger partial charge in [-0.1, -0.05) is 0 Å². The third-order valence-electron chi connectivity index (χ3n) is 4.04. The monoisotopic (exact) mass is 361 g/mol. The number of rotatable bonds is 2. The topological polar surface area (TPSA) is 41.3 Å². The third-order valence-corrected chi connectivity index (χ3v) is 4.87. The van der Waals surface area contributed by atoms with Gasteiger partial charge in [0, 0.05) is 24.7 Å². The average molecular weight is 361 g/mol. The standard InChI is InChI=1S/C13H17FIN3/c14-8-6-12(10(16)7-9(8)15)17-11-3-5-18-4-1-2-13(11)18/h6-7,11,13,17H,1-5,16H2. The number of hydrogen-bond donors (Lipinski definition) is 2. The molecule has 18 heavy (non-hydrogen) atoms. The van der Waals surface area contributed by atoms with E-state index >= 15 is 0 Å². The number of benzene rings is 1. The maximum Gasteiger partial charge on any atom is 0.138 e. The van der Waals surface area contributed by atoms with Crippen molar-refractivity contribution in [3.8, 4) is 0 Å². The van der Waals surface area contributed by atoms with Gasteiger partial charge in [-0.15, -0.1) is 0 Å². The average Bonchev–Trinajstić information content (AvgIpc) is 2.90. The number of halogens is 2. The SMILES string of the molecule is Nc1cc(I)c(F)cc1NC1CCN2CCCC12. The highest BCUT2D eigenvalue weighted by atomic mass is 127. The van der Waals surface area contributed by atoms with E-state index in [2.05, 4.69) is 10.2 Å². The fraction of sp³-hybridized carbons (Fsp3) is 0.538. The molecule has 2 fully saturated rings. The molecular formula is C13H17FIN3. The zero-order valence-corrected chi connectivity index (χ0v) is 12.3. The Bertz CT molecular complexity index is 466. The molecule has 3 nitrogen and oxygen atoms in total. The molecular weight excluding hydrogens is 344 g/mol. The van der Waals surface area contributed by atoms with Crippen LogP contribution in [-0.2, 0) is 0 Å². The minimum atomic E-state index is -0.200. The second kappa shape index (κ2) is 4.85. The number of nitrogens with two attached hydrogens (primary N) is 1. The molecule has 3 N–H and O–H groups in total. The molecule has 2 unspecified atom stereocenters. The summed E-state index contributed by atoms with van der Waals surface area (Å²) in [6.45, 7) is 2.36. The fourth-order valence-electron chi connectivity index (χ4n) is 3.14. The first-order chi connectivity index (χ1) is 8.65. The number of nitrogens with zero attached hydrogens (tertiary/aromatic N) is 1. The predicted octanol–water partition coefficient (Wildman–Crippen LogP) is 2.66. The molecule has 0 aliphatic carbocycles. The smallest absolute Gasteiger partial charge is 0.138 e. The molecule has 0 saturated carbocycles. The van der Waals surface area contributed by atoms with Gasteiger partial charge in [0.1, 0.15) is 5.82 Å². The molecule has 1 aromatic rings. The van der Waals surface area contributed by atoms with Crippen molar-refractivity contribution in [2.45, 2.75) is 31.3 Å². The van der Waals surface area contributed by atoms with E-state index in [1.807, 2.05) is 22.6 Å². The number of fused-ring (bicyclic) bond motifs is 1. The predicted molar refractivity (Wildman–Crippen MR) is 80.2 cm³/mol. The summed E-state index contributed by atoms with van der Waals surface area (Å²) in [5.41, 5.74) is 7.34. The largest absolute Gasteiger partial charge is 0.397 e. The lowest BCUT2D eigenvalue weighted by Crippen LogP contribution is -2.34. The first-order valence-electron chi connectivity index (χ1n) is 6.40. The number of hydrogen-bond acceptors (Lipinski definition) is 3. The third kappa shape index (κ3) is 2.18. The van der Waals surface area contributed by atoms with Crippen molar-refractivity contribution in [2.24, 2.45) is 0 Å². The fourth-order valence-corrected chi connectivity index (χ4v) is 3.63. The van der Waals surface area contributed by atoms with Crippen molar-refractivity contribution in [1.29, 1.82) is 0 Å². The summed E-state index contributed by atoms with van der Waals surface area (Å²) in [6.07, 6.45) is 3.64. The van der Waals surface area contributed by atoms with Crippen LogP contribution in [0.1, 0.15) is 19.3 Å². The molecule has 0 aromatic heterocycles. The molecule has 0 spiro atoms. The lowest BCUT2D eigenvalue weighted by Gasteiger charge is -2.23. The van der Waals surface area contributed by atoms with Crippen LogP contribution in [0, 0.1) is 9.39 Å². The van der Waals surface area contributed by atoms with Crippen LogP contribution in [0.25, 0.3) is 0 Å². The second-order valence-electron chi connectivity index (χ2n) is 5.14. The molecule has 3 rings (SSSR count). The summed E-state index contributed by atoms with van der Waals surface area (Å²) in [7, 11) is 0. The van der Waals surface area contributed by atoms with Gasteiger partial charge in [-0.2, -0.15) is 0 Å². The molecule has 2 heterocycles. The van der Waals surface area contributed by atoms with Crippen LogP contribution < -0.4 is 11.1 Å². The molecule has 5 heteroatoms. The van der Waals surface area contributed by atoms with Crippen molar-refractivity contribution < 1.29 is 4.39 Å². The van der Waals surface area contributed by atoms with Gasteiger partial charge in [0.2, 0.25) is 0 Å². The highest BCUT2D eigenvalue weighted by Gasteiger charge is 2.37. The summed E-state index contributed by atoms with van der Waals surface area (Å²) in [5, 5.41) is 3.44. The summed E-state index contributed by atoms with van der Waals surface area (Å²) in [6, 6.07) is 4.23. The Balaban J connectivity index is 1.78. The molecule has 2 aliphatic rings. The van der Waals surface area contributed by atoms with E-state index in [1.54, 1.807) is 6.07 Å². The van der Waals surface area contributed by atoms with Crippen LogP contribution in [0.5, 0.6) is 0 Å². The highest BCUT2D eigenvalue weighted by Crippen LogP contribution is 2.32. The Hall–Kier alpha value is -0.560. The Labute approximate surface area is 120 Å². The van der Waals surface area contributed by atoms with E-state index in [9.17, 15) is 4.39 Å². The number of nitrogen functional groups attached to an aromatic ring is 1. The lowest BCUT2D eigenvalue weighted by atomic mass is 10.1. The molecule has 2 aliphatic heterocycles. The van der Waals surface area contributed by atoms with Gasteiger partial charge in [0.25, 0.3) is 0 Å². The molecule has 0 amide bonds. The molecule has 0 bridgehead atoms. The molecule has 0 radical (unpaired) electrons. The summed E-state index contributed by atoms with van der Waals surface area (Å²) >= 11 is 1.96. The van der Waals surface area contributed by atoms with Gasteiger partial charge in [0.05, 0.1) is 14.9 Å². The van der Waals surface area contributed by atoms with E-state index in [-0.39, 0.29) is 5.82 Å². The maximum absolute atomic E-state index is 13.6. The first kappa shape index (κ1) is 12.5. The van der Waals surface area contributed by atoms with Gasteiger partial charge in [-0.3, -0.25) is 4.90 Å². The number of anilines is 2. The van der Waals surface area contributed by atoms with Crippen LogP contribution in [0.4, 0.5) is 15.8 Å². The van der Waals surface area contributed by atoms with Gasteiger partial charge >= 0.3 is 0 Å². The second-order valence-corrected chi connectivity index (χ2v) is 6.30. The molecule has 2 saturated heterocycles. The number of nitrogens with one attached hydrogen (secondary N) is 1. The first-order valence-corrected chi connectivity index (χ1v) is 7.48. The highest BCUT2D eigenvalue weighted by molar-refractivity contribution is 14.1. The van der Waals surface area contributed by atoms with E-state index in [0.29, 0.717) is 21.3 Å². The van der Waals surface area contributed by atoms with E-state index in [4.69, 9.17) is 5.73 Å². The normalized spacial score (nSPS) is 27.4. The van der Waals surface area contributed by atoms with Crippen molar-refractivity contribution in [3.05, 3.63) is 21.5 Å². The van der Waals surface area contributed by atoms with Crippen molar-refractivity contribution >= 4 is 34.0 Å². The van der Waals surface area contributed by atoms with E-state index in [0.717, 1.165) is 18.7 Å². The van der Waals surface area contributed by atoms with Gasteiger partial charge < -0.3 is 11.1 Å². The minimum Gasteiger partial charge on any atom is -0.397 e. The molecule has 1 aromatic carbocycles. The summed E-state index contributed by atoms with van der Waals surface area (Å²) < 4.78 is 14.2. The van der Waals surface area contributed by atoms with Crippen molar-refractivity contribution in [3.63, 3.8) is 0 Å². The Morgan fingerprint density at radius 2 is 2.17 bits per heavy atom. The van der Waals surface area contributed by atoms with Gasteiger partial charge in [0.15, 0.2) is 0 Å². The Morgan fingerprint density at radius 1 is 1.33 bits per heavy atom. The summed E-state index contributed by atoms with van der Waals surface area (Å²) in [4.78, 5) is 2.52. The van der Waals surface area contributed by atoms with Crippen molar-refractivity contribution in [1.82, 2.24) is 4.90 Å². The Morgan fingerprint density at radius 3 is 3.00 bits per heavy atom. The summed E-state index contributed by atoms with van der Waals surface area (Å²) in [5.74, 6) is -0.200. The van der Waals surface area contributed by atoms with Gasteiger partial charge in [-0.05, 0) is 54.5 Å². The quantitative estimate of drug-likeness (QED) is 0.629. The zero-order chi connectivity index (χ0) is 12.7. The van der Waals surface area contributed by atoms with Crippen molar-refractivity contribution in [2.75, 3.05) is 24.1 Å². The van der Waals surface area contributed by atoms with Crippen LogP contribution in [0.3, 0.4) is 0 Å². The van der Waals surface area contributed by atoms with Crippen LogP contribution in [-0.4, -0.2) is 30.1 Å². The van der Waals surface area contributed by atoms with Gasteiger partial charge in [-0.25, -0.2) is 4.39 Å². The zero-order valence-electron chi connectivity index (χ0n) is 10.1. The Kier molecular flexibility index (Phi) is 3.36. The van der Waals surface area contributed by atoms with E-state index in [1.165, 1.54) is 25.5 Å². The molecule has 2 atom stereocenters. The molecule has 98 valence electrons. The van der Waals surface area contributed by atoms with Crippen LogP contribution in [0.15, 0.2) is 12.1 Å². The van der Waals surface area contributed by atoms with Crippen LogP contribution >= 0.6 is 22.6 Å². The minimum absolute atomic E-state index is 0.200.